The molecule has 0 saturated carbocycles. The molecule has 0 aliphatic rings. The van der Waals surface area contributed by atoms with E-state index in [1.54, 1.807) is 0 Å². The molecule has 3 heteroatoms. The normalized spacial score (nSPS) is 10.0. The van der Waals surface area contributed by atoms with Crippen molar-refractivity contribution in [3.05, 3.63) is 30.3 Å². The number of benzene rings is 1. The molecular formula is C14H22N2O. The van der Waals surface area contributed by atoms with Gasteiger partial charge in [-0.2, -0.15) is 0 Å². The molecule has 1 rings (SSSR count). The highest BCUT2D eigenvalue weighted by atomic mass is 16.2. The van der Waals surface area contributed by atoms with Gasteiger partial charge >= 0.3 is 6.03 Å². The van der Waals surface area contributed by atoms with E-state index in [1.807, 2.05) is 42.2 Å². The Balaban J connectivity index is 2.68. The maximum absolute atomic E-state index is 12.0. The van der Waals surface area contributed by atoms with E-state index in [9.17, 15) is 4.79 Å². The van der Waals surface area contributed by atoms with Gasteiger partial charge in [-0.25, -0.2) is 4.79 Å². The lowest BCUT2D eigenvalue weighted by atomic mass is 10.2. The van der Waals surface area contributed by atoms with Crippen LogP contribution in [0.3, 0.4) is 0 Å². The van der Waals surface area contributed by atoms with Crippen LogP contribution in [0.4, 0.5) is 10.5 Å². The number of hydrogen-bond acceptors (Lipinski definition) is 1. The smallest absolute Gasteiger partial charge is 0.321 e. The van der Waals surface area contributed by atoms with Crippen molar-refractivity contribution in [2.45, 2.75) is 33.1 Å². The van der Waals surface area contributed by atoms with Gasteiger partial charge in [0.25, 0.3) is 0 Å². The van der Waals surface area contributed by atoms with Gasteiger partial charge in [0.2, 0.25) is 0 Å². The maximum Gasteiger partial charge on any atom is 0.321 e. The molecule has 3 nitrogen and oxygen atoms in total. The molecule has 0 saturated heterocycles. The molecule has 0 unspecified atom stereocenters. The zero-order valence-corrected chi connectivity index (χ0v) is 10.8. The number of rotatable bonds is 6. The number of nitrogens with zero attached hydrogens (tertiary/aromatic N) is 1. The second kappa shape index (κ2) is 7.71. The van der Waals surface area contributed by atoms with E-state index in [0.29, 0.717) is 6.54 Å². The van der Waals surface area contributed by atoms with Gasteiger partial charge in [-0.3, -0.25) is 4.90 Å². The van der Waals surface area contributed by atoms with E-state index in [2.05, 4.69) is 12.2 Å². The fourth-order valence-electron chi connectivity index (χ4n) is 1.72. The first-order chi connectivity index (χ1) is 8.29. The van der Waals surface area contributed by atoms with Crippen LogP contribution in [0, 0.1) is 0 Å². The number of carbonyl (C=O) groups excluding carboxylic acids is 1. The fourth-order valence-corrected chi connectivity index (χ4v) is 1.72. The SMILES string of the molecule is CCCCCN(C(=O)NCC)c1ccccc1. The van der Waals surface area contributed by atoms with Gasteiger partial charge in [0.05, 0.1) is 0 Å². The van der Waals surface area contributed by atoms with Gasteiger partial charge in [-0.05, 0) is 25.5 Å². The lowest BCUT2D eigenvalue weighted by molar-refractivity contribution is 0.246. The molecule has 1 aromatic rings. The first-order valence-corrected chi connectivity index (χ1v) is 6.40. The number of unbranched alkanes of at least 4 members (excludes halogenated alkanes) is 2. The van der Waals surface area contributed by atoms with Crippen LogP contribution in [-0.4, -0.2) is 19.1 Å². The average Bonchev–Trinajstić information content (AvgIpc) is 2.36. The number of anilines is 1. The Morgan fingerprint density at radius 2 is 1.88 bits per heavy atom. The van der Waals surface area contributed by atoms with E-state index < -0.39 is 0 Å². The summed E-state index contributed by atoms with van der Waals surface area (Å²) in [6.45, 7) is 5.55. The van der Waals surface area contributed by atoms with Crippen LogP contribution in [0.5, 0.6) is 0 Å². The number of urea groups is 1. The third kappa shape index (κ3) is 4.47. The molecule has 0 aliphatic heterocycles. The Kier molecular flexibility index (Phi) is 6.15. The van der Waals surface area contributed by atoms with Crippen molar-refractivity contribution in [1.29, 1.82) is 0 Å². The van der Waals surface area contributed by atoms with Crippen molar-refractivity contribution in [2.24, 2.45) is 0 Å². The molecule has 17 heavy (non-hydrogen) atoms. The number of nitrogens with one attached hydrogen (secondary N) is 1. The summed E-state index contributed by atoms with van der Waals surface area (Å²) in [5.74, 6) is 0. The Morgan fingerprint density at radius 3 is 2.47 bits per heavy atom. The van der Waals surface area contributed by atoms with E-state index in [4.69, 9.17) is 0 Å². The predicted molar refractivity (Wildman–Crippen MR) is 72.4 cm³/mol. The molecule has 0 spiro atoms. The Morgan fingerprint density at radius 1 is 1.18 bits per heavy atom. The van der Waals surface area contributed by atoms with E-state index in [0.717, 1.165) is 31.5 Å². The molecule has 94 valence electrons. The van der Waals surface area contributed by atoms with Gasteiger partial charge in [0.1, 0.15) is 0 Å². The van der Waals surface area contributed by atoms with Crippen molar-refractivity contribution in [3.8, 4) is 0 Å². The zero-order valence-electron chi connectivity index (χ0n) is 10.8. The highest BCUT2D eigenvalue weighted by molar-refractivity contribution is 5.91. The van der Waals surface area contributed by atoms with Crippen LogP contribution >= 0.6 is 0 Å². The Labute approximate surface area is 104 Å². The van der Waals surface area contributed by atoms with Crippen LogP contribution in [-0.2, 0) is 0 Å². The Hall–Kier alpha value is -1.51. The third-order valence-corrected chi connectivity index (χ3v) is 2.63. The summed E-state index contributed by atoms with van der Waals surface area (Å²) in [7, 11) is 0. The molecule has 0 atom stereocenters. The van der Waals surface area contributed by atoms with E-state index in [1.165, 1.54) is 0 Å². The predicted octanol–water partition coefficient (Wildman–Crippen LogP) is 3.41. The first kappa shape index (κ1) is 13.6. The van der Waals surface area contributed by atoms with Crippen LogP contribution in [0.1, 0.15) is 33.1 Å². The van der Waals surface area contributed by atoms with Gasteiger partial charge in [0, 0.05) is 18.8 Å². The second-order valence-electron chi connectivity index (χ2n) is 4.03. The molecular weight excluding hydrogens is 212 g/mol. The van der Waals surface area contributed by atoms with Crippen LogP contribution in [0.15, 0.2) is 30.3 Å². The molecule has 0 fully saturated rings. The molecule has 0 radical (unpaired) electrons. The third-order valence-electron chi connectivity index (χ3n) is 2.63. The van der Waals surface area contributed by atoms with Gasteiger partial charge < -0.3 is 5.32 Å². The van der Waals surface area contributed by atoms with E-state index in [-0.39, 0.29) is 6.03 Å². The number of carbonyl (C=O) groups is 1. The first-order valence-electron chi connectivity index (χ1n) is 6.40. The quantitative estimate of drug-likeness (QED) is 0.752. The number of amides is 2. The summed E-state index contributed by atoms with van der Waals surface area (Å²) in [5.41, 5.74) is 0.967. The van der Waals surface area contributed by atoms with Crippen molar-refractivity contribution >= 4 is 11.7 Å². The van der Waals surface area contributed by atoms with Crippen LogP contribution in [0.25, 0.3) is 0 Å². The van der Waals surface area contributed by atoms with Gasteiger partial charge in [0.15, 0.2) is 0 Å². The molecule has 0 aromatic heterocycles. The summed E-state index contributed by atoms with van der Waals surface area (Å²) in [6, 6.07) is 9.83. The molecule has 0 bridgehead atoms. The fraction of sp³-hybridized carbons (Fsp3) is 0.500. The average molecular weight is 234 g/mol. The lowest BCUT2D eigenvalue weighted by Gasteiger charge is -2.22. The number of para-hydroxylation sites is 1. The highest BCUT2D eigenvalue weighted by Crippen LogP contribution is 2.14. The zero-order chi connectivity index (χ0) is 12.5. The molecule has 1 N–H and O–H groups in total. The standard InChI is InChI=1S/C14H22N2O/c1-3-5-9-12-16(14(17)15-4-2)13-10-7-6-8-11-13/h6-8,10-11H,3-5,9,12H2,1-2H3,(H,15,17). The minimum atomic E-state index is -0.00481. The summed E-state index contributed by atoms with van der Waals surface area (Å²) in [4.78, 5) is 13.8. The van der Waals surface area contributed by atoms with Crippen molar-refractivity contribution in [1.82, 2.24) is 5.32 Å². The lowest BCUT2D eigenvalue weighted by Crippen LogP contribution is -2.40. The second-order valence-corrected chi connectivity index (χ2v) is 4.03. The molecule has 0 heterocycles. The summed E-state index contributed by atoms with van der Waals surface area (Å²) >= 11 is 0. The minimum absolute atomic E-state index is 0.00481. The van der Waals surface area contributed by atoms with Gasteiger partial charge in [-0.1, -0.05) is 38.0 Å². The van der Waals surface area contributed by atoms with Crippen molar-refractivity contribution < 1.29 is 4.79 Å². The Bertz CT molecular complexity index is 324. The van der Waals surface area contributed by atoms with Crippen molar-refractivity contribution in [3.63, 3.8) is 0 Å². The summed E-state index contributed by atoms with van der Waals surface area (Å²) < 4.78 is 0. The largest absolute Gasteiger partial charge is 0.338 e. The molecule has 1 aromatic carbocycles. The topological polar surface area (TPSA) is 32.3 Å². The number of hydrogen-bond donors (Lipinski definition) is 1. The molecule has 2 amide bonds. The monoisotopic (exact) mass is 234 g/mol. The van der Waals surface area contributed by atoms with Crippen LogP contribution < -0.4 is 10.2 Å². The van der Waals surface area contributed by atoms with Crippen molar-refractivity contribution in [2.75, 3.05) is 18.0 Å². The van der Waals surface area contributed by atoms with E-state index >= 15 is 0 Å². The molecule has 0 aliphatic carbocycles. The summed E-state index contributed by atoms with van der Waals surface area (Å²) in [5, 5.41) is 2.86. The van der Waals surface area contributed by atoms with Crippen LogP contribution in [0.2, 0.25) is 0 Å². The summed E-state index contributed by atoms with van der Waals surface area (Å²) in [6.07, 6.45) is 3.36. The maximum atomic E-state index is 12.0. The highest BCUT2D eigenvalue weighted by Gasteiger charge is 2.13. The minimum Gasteiger partial charge on any atom is -0.338 e. The van der Waals surface area contributed by atoms with Gasteiger partial charge in [-0.15, -0.1) is 0 Å².